The van der Waals surface area contributed by atoms with Crippen LogP contribution in [0.5, 0.6) is 0 Å². The second kappa shape index (κ2) is 10.1. The van der Waals surface area contributed by atoms with E-state index in [0.717, 1.165) is 31.6 Å². The Morgan fingerprint density at radius 3 is 2.47 bits per heavy atom. The summed E-state index contributed by atoms with van der Waals surface area (Å²) in [6.45, 7) is 2.06. The Bertz CT molecular complexity index is 1110. The Balaban J connectivity index is 1.22. The van der Waals surface area contributed by atoms with Gasteiger partial charge >= 0.3 is 0 Å². The van der Waals surface area contributed by atoms with Gasteiger partial charge in [-0.05, 0) is 43.2 Å². The van der Waals surface area contributed by atoms with Gasteiger partial charge in [0.2, 0.25) is 5.91 Å². The van der Waals surface area contributed by atoms with Crippen molar-refractivity contribution < 1.29 is 14.0 Å². The van der Waals surface area contributed by atoms with Crippen molar-refractivity contribution in [2.24, 2.45) is 0 Å². The second-order valence-corrected chi connectivity index (χ2v) is 7.87. The van der Waals surface area contributed by atoms with Crippen molar-refractivity contribution >= 4 is 17.5 Å². The number of para-hydroxylation sites is 1. The monoisotopic (exact) mass is 434 g/mol. The second-order valence-electron chi connectivity index (χ2n) is 7.87. The van der Waals surface area contributed by atoms with Crippen LogP contribution in [0.4, 0.5) is 5.69 Å². The van der Waals surface area contributed by atoms with Crippen molar-refractivity contribution in [2.45, 2.75) is 25.4 Å². The number of likely N-dealkylation sites (tertiary alicyclic amines) is 1. The molecule has 8 heteroatoms. The van der Waals surface area contributed by atoms with E-state index in [4.69, 9.17) is 4.42 Å². The van der Waals surface area contributed by atoms with Crippen LogP contribution in [0.15, 0.2) is 76.1 Å². The minimum absolute atomic E-state index is 0.0289. The molecule has 1 aromatic carbocycles. The average molecular weight is 434 g/mol. The molecule has 0 saturated carbocycles. The van der Waals surface area contributed by atoms with E-state index in [9.17, 15) is 14.4 Å². The molecule has 0 radical (unpaired) electrons. The van der Waals surface area contributed by atoms with Crippen molar-refractivity contribution in [3.05, 3.63) is 88.7 Å². The third kappa shape index (κ3) is 5.73. The number of rotatable bonds is 7. The first-order valence-corrected chi connectivity index (χ1v) is 10.7. The molecule has 1 aliphatic rings. The lowest BCUT2D eigenvalue weighted by Crippen LogP contribution is -2.46. The Morgan fingerprint density at radius 2 is 1.72 bits per heavy atom. The molecule has 1 saturated heterocycles. The topological polar surface area (TPSA) is 96.6 Å². The van der Waals surface area contributed by atoms with Crippen molar-refractivity contribution in [1.82, 2.24) is 14.8 Å². The number of hydrogen-bond acceptors (Lipinski definition) is 5. The summed E-state index contributed by atoms with van der Waals surface area (Å²) >= 11 is 0. The van der Waals surface area contributed by atoms with Crippen LogP contribution in [0, 0.1) is 0 Å². The molecule has 166 valence electrons. The fraction of sp³-hybridized carbons (Fsp3) is 0.292. The summed E-state index contributed by atoms with van der Waals surface area (Å²) in [5.74, 6) is 0.465. The minimum Gasteiger partial charge on any atom is -0.454 e. The summed E-state index contributed by atoms with van der Waals surface area (Å²) in [5.41, 5.74) is 0.661. The highest BCUT2D eigenvalue weighted by molar-refractivity contribution is 5.92. The van der Waals surface area contributed by atoms with E-state index >= 15 is 0 Å². The van der Waals surface area contributed by atoms with Crippen LogP contribution in [0.2, 0.25) is 0 Å². The number of pyridine rings is 1. The molecule has 2 amide bonds. The van der Waals surface area contributed by atoms with Crippen LogP contribution in [0.25, 0.3) is 0 Å². The molecule has 2 aromatic heterocycles. The van der Waals surface area contributed by atoms with Gasteiger partial charge in [-0.15, -0.1) is 0 Å². The zero-order valence-electron chi connectivity index (χ0n) is 17.7. The number of amides is 2. The zero-order chi connectivity index (χ0) is 22.3. The summed E-state index contributed by atoms with van der Waals surface area (Å²) in [6, 6.07) is 17.7. The summed E-state index contributed by atoms with van der Waals surface area (Å²) in [7, 11) is 0. The van der Waals surface area contributed by atoms with Gasteiger partial charge in [-0.1, -0.05) is 24.3 Å². The molecular weight excluding hydrogens is 408 g/mol. The third-order valence-electron chi connectivity index (χ3n) is 5.46. The van der Waals surface area contributed by atoms with Crippen molar-refractivity contribution in [1.29, 1.82) is 0 Å². The van der Waals surface area contributed by atoms with Crippen molar-refractivity contribution in [3.63, 3.8) is 0 Å². The van der Waals surface area contributed by atoms with Crippen LogP contribution in [-0.4, -0.2) is 47.0 Å². The lowest BCUT2D eigenvalue weighted by atomic mass is 10.0. The largest absolute Gasteiger partial charge is 0.454 e. The number of aromatic nitrogens is 1. The number of hydrogen-bond donors (Lipinski definition) is 2. The summed E-state index contributed by atoms with van der Waals surface area (Å²) < 4.78 is 7.16. The Hall–Kier alpha value is -3.65. The molecule has 0 atom stereocenters. The third-order valence-corrected chi connectivity index (χ3v) is 5.46. The fourth-order valence-electron chi connectivity index (χ4n) is 3.76. The van der Waals surface area contributed by atoms with Crippen molar-refractivity contribution in [2.75, 3.05) is 25.0 Å². The molecular formula is C24H26N4O4. The number of furan rings is 1. The van der Waals surface area contributed by atoms with Crippen LogP contribution in [0.1, 0.15) is 29.2 Å². The molecule has 1 aliphatic heterocycles. The highest BCUT2D eigenvalue weighted by atomic mass is 16.4. The van der Waals surface area contributed by atoms with Gasteiger partial charge in [-0.2, -0.15) is 0 Å². The highest BCUT2D eigenvalue weighted by Gasteiger charge is 2.23. The van der Waals surface area contributed by atoms with Gasteiger partial charge in [0.1, 0.15) is 5.76 Å². The Morgan fingerprint density at radius 1 is 0.969 bits per heavy atom. The van der Waals surface area contributed by atoms with Crippen LogP contribution in [0.3, 0.4) is 0 Å². The Labute approximate surface area is 185 Å². The normalized spacial score (nSPS) is 14.8. The zero-order valence-corrected chi connectivity index (χ0v) is 17.7. The summed E-state index contributed by atoms with van der Waals surface area (Å²) in [5, 5.41) is 5.90. The first-order chi connectivity index (χ1) is 15.6. The van der Waals surface area contributed by atoms with E-state index in [-0.39, 0.29) is 35.7 Å². The Kier molecular flexibility index (Phi) is 6.81. The number of carbonyl (C=O) groups is 2. The maximum Gasteiger partial charge on any atom is 0.287 e. The quantitative estimate of drug-likeness (QED) is 0.595. The molecule has 32 heavy (non-hydrogen) atoms. The number of carbonyl (C=O) groups excluding carboxylic acids is 2. The number of nitrogens with zero attached hydrogens (tertiary/aromatic N) is 2. The molecule has 2 N–H and O–H groups in total. The average Bonchev–Trinajstić information content (AvgIpc) is 3.26. The molecule has 8 nitrogen and oxygen atoms in total. The van der Waals surface area contributed by atoms with E-state index in [1.54, 1.807) is 30.5 Å². The molecule has 4 rings (SSSR count). The van der Waals surface area contributed by atoms with Gasteiger partial charge in [-0.25, -0.2) is 0 Å². The lowest BCUT2D eigenvalue weighted by molar-refractivity contribution is -0.117. The summed E-state index contributed by atoms with van der Waals surface area (Å²) in [4.78, 5) is 38.7. The SMILES string of the molecule is O=C(CN1CCC(NC(=O)c2ccc(Cn3ccccc3=O)o2)CC1)Nc1ccccc1. The van der Waals surface area contributed by atoms with Gasteiger partial charge in [-0.3, -0.25) is 19.3 Å². The molecule has 0 spiro atoms. The van der Waals surface area contributed by atoms with Crippen LogP contribution in [-0.2, 0) is 11.3 Å². The van der Waals surface area contributed by atoms with Gasteiger partial charge in [0, 0.05) is 37.1 Å². The van der Waals surface area contributed by atoms with E-state index < -0.39 is 0 Å². The number of piperidine rings is 1. The molecule has 0 aliphatic carbocycles. The van der Waals surface area contributed by atoms with E-state index in [1.165, 1.54) is 10.6 Å². The van der Waals surface area contributed by atoms with Crippen LogP contribution < -0.4 is 16.2 Å². The molecule has 1 fully saturated rings. The predicted molar refractivity (Wildman–Crippen MR) is 121 cm³/mol. The predicted octanol–water partition coefficient (Wildman–Crippen LogP) is 2.32. The van der Waals surface area contributed by atoms with Crippen molar-refractivity contribution in [3.8, 4) is 0 Å². The highest BCUT2D eigenvalue weighted by Crippen LogP contribution is 2.14. The molecule has 0 unspecified atom stereocenters. The van der Waals surface area contributed by atoms with E-state index in [1.807, 2.05) is 30.3 Å². The molecule has 0 bridgehead atoms. The minimum atomic E-state index is -0.267. The van der Waals surface area contributed by atoms with Gasteiger partial charge in [0.25, 0.3) is 11.5 Å². The fourth-order valence-corrected chi connectivity index (χ4v) is 3.76. The number of anilines is 1. The number of benzene rings is 1. The number of nitrogens with one attached hydrogen (secondary N) is 2. The van der Waals surface area contributed by atoms with Gasteiger partial charge < -0.3 is 19.6 Å². The maximum absolute atomic E-state index is 12.6. The van der Waals surface area contributed by atoms with E-state index in [0.29, 0.717) is 12.3 Å². The lowest BCUT2D eigenvalue weighted by Gasteiger charge is -2.31. The summed E-state index contributed by atoms with van der Waals surface area (Å²) in [6.07, 6.45) is 3.20. The first-order valence-electron chi connectivity index (χ1n) is 10.7. The standard InChI is InChI=1S/C24H26N4O4/c29-22(25-18-6-2-1-3-7-18)17-27-14-11-19(12-15-27)26-24(31)21-10-9-20(32-21)16-28-13-5-4-8-23(28)30/h1-10,13,19H,11-12,14-17H2,(H,25,29)(H,26,31). The maximum atomic E-state index is 12.6. The van der Waals surface area contributed by atoms with Crippen LogP contribution >= 0.6 is 0 Å². The van der Waals surface area contributed by atoms with Gasteiger partial charge in [0.15, 0.2) is 5.76 Å². The van der Waals surface area contributed by atoms with E-state index in [2.05, 4.69) is 15.5 Å². The smallest absolute Gasteiger partial charge is 0.287 e. The first kappa shape index (κ1) is 21.6. The molecule has 3 aromatic rings. The molecule has 3 heterocycles. The van der Waals surface area contributed by atoms with Gasteiger partial charge in [0.05, 0.1) is 13.1 Å².